The van der Waals surface area contributed by atoms with Crippen molar-refractivity contribution in [1.29, 1.82) is 5.26 Å². The molecule has 2 fully saturated rings. The number of nitriles is 1. The monoisotopic (exact) mass is 459 g/mol. The highest BCUT2D eigenvalue weighted by Gasteiger charge is 2.40. The predicted octanol–water partition coefficient (Wildman–Crippen LogP) is 4.29. The zero-order valence-electron chi connectivity index (χ0n) is 16.9. The number of aliphatic hydroxyl groups is 1. The Bertz CT molecular complexity index is 975. The van der Waals surface area contributed by atoms with E-state index in [-0.39, 0.29) is 24.0 Å². The van der Waals surface area contributed by atoms with Crippen molar-refractivity contribution in [2.24, 2.45) is 5.92 Å². The summed E-state index contributed by atoms with van der Waals surface area (Å²) in [4.78, 5) is 14.8. The molecule has 0 bridgehead atoms. The summed E-state index contributed by atoms with van der Waals surface area (Å²) in [5.74, 6) is 0.791. The molecule has 4 rings (SSSR count). The van der Waals surface area contributed by atoms with Gasteiger partial charge in [-0.15, -0.1) is 0 Å². The Morgan fingerprint density at radius 1 is 1.10 bits per heavy atom. The van der Waals surface area contributed by atoms with Crippen molar-refractivity contribution in [1.82, 2.24) is 10.2 Å². The molecule has 31 heavy (non-hydrogen) atoms. The largest absolute Gasteiger partial charge is 0.457 e. The Kier molecular flexibility index (Phi) is 6.68. The van der Waals surface area contributed by atoms with E-state index in [4.69, 9.17) is 33.2 Å². The van der Waals surface area contributed by atoms with Gasteiger partial charge in [0.25, 0.3) is 0 Å². The SMILES string of the molecule is N#Cc1ccc(Oc2cc(Cl)c(C(C3CCNC3=O)N3CCC(O)CC3)c(Cl)c2)cc1. The zero-order valence-corrected chi connectivity index (χ0v) is 18.4. The van der Waals surface area contributed by atoms with Gasteiger partial charge in [0.1, 0.15) is 11.5 Å². The second-order valence-electron chi connectivity index (χ2n) is 7.94. The smallest absolute Gasteiger partial charge is 0.225 e. The number of carbonyl (C=O) groups is 1. The maximum atomic E-state index is 12.6. The molecule has 0 spiro atoms. The third-order valence-electron chi connectivity index (χ3n) is 5.93. The summed E-state index contributed by atoms with van der Waals surface area (Å²) < 4.78 is 5.88. The molecule has 0 saturated carbocycles. The van der Waals surface area contributed by atoms with Gasteiger partial charge in [-0.05, 0) is 55.7 Å². The number of nitrogens with one attached hydrogen (secondary N) is 1. The maximum absolute atomic E-state index is 12.6. The molecule has 2 aliphatic rings. The number of hydrogen-bond donors (Lipinski definition) is 2. The lowest BCUT2D eigenvalue weighted by Gasteiger charge is -2.39. The maximum Gasteiger partial charge on any atom is 0.225 e. The molecule has 2 atom stereocenters. The van der Waals surface area contributed by atoms with Gasteiger partial charge in [-0.1, -0.05) is 23.2 Å². The van der Waals surface area contributed by atoms with Crippen LogP contribution in [0, 0.1) is 17.2 Å². The third-order valence-corrected chi connectivity index (χ3v) is 6.56. The molecule has 1 amide bonds. The van der Waals surface area contributed by atoms with E-state index in [9.17, 15) is 9.90 Å². The lowest BCUT2D eigenvalue weighted by atomic mass is 9.88. The first-order valence-electron chi connectivity index (χ1n) is 10.3. The van der Waals surface area contributed by atoms with E-state index in [2.05, 4.69) is 16.3 Å². The standard InChI is InChI=1S/C23H23Cl2N3O3/c24-19-11-17(31-16-3-1-14(13-26)2-4-16)12-20(25)21(19)22(18-5-8-27-23(18)30)28-9-6-15(29)7-10-28/h1-4,11-12,15,18,22,29H,5-10H2,(H,27,30). The van der Waals surface area contributed by atoms with E-state index in [0.29, 0.717) is 71.6 Å². The fourth-order valence-electron chi connectivity index (χ4n) is 4.35. The summed E-state index contributed by atoms with van der Waals surface area (Å²) in [5.41, 5.74) is 1.26. The molecule has 0 aromatic heterocycles. The highest BCUT2D eigenvalue weighted by Crippen LogP contribution is 2.44. The zero-order chi connectivity index (χ0) is 22.0. The summed E-state index contributed by atoms with van der Waals surface area (Å²) in [6.45, 7) is 1.98. The molecule has 2 aromatic rings. The van der Waals surface area contributed by atoms with Crippen LogP contribution in [0.15, 0.2) is 36.4 Å². The molecular formula is C23H23Cl2N3O3. The summed E-state index contributed by atoms with van der Waals surface area (Å²) >= 11 is 13.4. The normalized spacial score (nSPS) is 20.8. The Morgan fingerprint density at radius 2 is 1.74 bits per heavy atom. The number of hydrogen-bond acceptors (Lipinski definition) is 5. The molecule has 6 nitrogen and oxygen atoms in total. The fourth-order valence-corrected chi connectivity index (χ4v) is 5.04. The molecule has 2 aromatic carbocycles. The molecular weight excluding hydrogens is 437 g/mol. The number of likely N-dealkylation sites (tertiary alicyclic amines) is 1. The van der Waals surface area contributed by atoms with E-state index in [1.807, 2.05) is 0 Å². The molecule has 162 valence electrons. The van der Waals surface area contributed by atoms with Crippen molar-refractivity contribution >= 4 is 29.1 Å². The van der Waals surface area contributed by atoms with E-state index in [1.54, 1.807) is 36.4 Å². The van der Waals surface area contributed by atoms with Gasteiger partial charge < -0.3 is 15.2 Å². The number of ether oxygens (including phenoxy) is 1. The lowest BCUT2D eigenvalue weighted by molar-refractivity contribution is -0.124. The first-order chi connectivity index (χ1) is 15.0. The van der Waals surface area contributed by atoms with Gasteiger partial charge in [0.15, 0.2) is 0 Å². The third kappa shape index (κ3) is 4.81. The Balaban J connectivity index is 1.64. The van der Waals surface area contributed by atoms with Crippen molar-refractivity contribution < 1.29 is 14.6 Å². The van der Waals surface area contributed by atoms with Gasteiger partial charge in [-0.25, -0.2) is 0 Å². The number of halogens is 2. The van der Waals surface area contributed by atoms with Crippen molar-refractivity contribution in [3.8, 4) is 17.6 Å². The van der Waals surface area contributed by atoms with Crippen LogP contribution in [0.5, 0.6) is 11.5 Å². The van der Waals surface area contributed by atoms with Crippen LogP contribution in [0.1, 0.15) is 36.4 Å². The summed E-state index contributed by atoms with van der Waals surface area (Å²) in [7, 11) is 0. The molecule has 0 aliphatic carbocycles. The van der Waals surface area contributed by atoms with E-state index >= 15 is 0 Å². The van der Waals surface area contributed by atoms with Crippen LogP contribution in [0.3, 0.4) is 0 Å². The number of piperidine rings is 1. The summed E-state index contributed by atoms with van der Waals surface area (Å²) in [6.07, 6.45) is 1.70. The molecule has 2 aliphatic heterocycles. The summed E-state index contributed by atoms with van der Waals surface area (Å²) in [6, 6.07) is 12.0. The first kappa shape index (κ1) is 21.9. The van der Waals surface area contributed by atoms with Crippen molar-refractivity contribution in [2.45, 2.75) is 31.4 Å². The predicted molar refractivity (Wildman–Crippen MR) is 118 cm³/mol. The Morgan fingerprint density at radius 3 is 2.29 bits per heavy atom. The van der Waals surface area contributed by atoms with Gasteiger partial charge in [0.2, 0.25) is 5.91 Å². The van der Waals surface area contributed by atoms with Crippen molar-refractivity contribution in [3.63, 3.8) is 0 Å². The topological polar surface area (TPSA) is 85.6 Å². The van der Waals surface area contributed by atoms with Crippen LogP contribution in [-0.4, -0.2) is 41.7 Å². The number of rotatable bonds is 5. The Hall–Kier alpha value is -2.30. The molecule has 2 saturated heterocycles. The minimum atomic E-state index is -0.316. The van der Waals surface area contributed by atoms with Gasteiger partial charge in [0, 0.05) is 31.2 Å². The van der Waals surface area contributed by atoms with Gasteiger partial charge in [0.05, 0.1) is 33.7 Å². The van der Waals surface area contributed by atoms with Crippen molar-refractivity contribution in [3.05, 3.63) is 57.6 Å². The summed E-state index contributed by atoms with van der Waals surface area (Å²) in [5, 5.41) is 22.6. The second-order valence-corrected chi connectivity index (χ2v) is 8.75. The highest BCUT2D eigenvalue weighted by atomic mass is 35.5. The average Bonchev–Trinajstić information content (AvgIpc) is 3.17. The van der Waals surface area contributed by atoms with E-state index < -0.39 is 0 Å². The van der Waals surface area contributed by atoms with Gasteiger partial charge >= 0.3 is 0 Å². The number of aliphatic hydroxyl groups excluding tert-OH is 1. The number of nitrogens with zero attached hydrogens (tertiary/aromatic N) is 2. The van der Waals surface area contributed by atoms with Crippen LogP contribution in [0.2, 0.25) is 10.0 Å². The number of amides is 1. The number of carbonyl (C=O) groups excluding carboxylic acids is 1. The molecule has 2 unspecified atom stereocenters. The van der Waals surface area contributed by atoms with Crippen LogP contribution in [-0.2, 0) is 4.79 Å². The molecule has 2 heterocycles. The average molecular weight is 460 g/mol. The van der Waals surface area contributed by atoms with Gasteiger partial charge in [-0.3, -0.25) is 9.69 Å². The van der Waals surface area contributed by atoms with Crippen LogP contribution in [0.25, 0.3) is 0 Å². The highest BCUT2D eigenvalue weighted by molar-refractivity contribution is 6.36. The Labute approximate surface area is 191 Å². The number of benzene rings is 2. The molecule has 0 radical (unpaired) electrons. The molecule has 8 heteroatoms. The van der Waals surface area contributed by atoms with Crippen LogP contribution < -0.4 is 10.1 Å². The minimum absolute atomic E-state index is 0.00108. The van der Waals surface area contributed by atoms with Crippen LogP contribution >= 0.6 is 23.2 Å². The van der Waals surface area contributed by atoms with Gasteiger partial charge in [-0.2, -0.15) is 5.26 Å². The lowest BCUT2D eigenvalue weighted by Crippen LogP contribution is -2.43. The quantitative estimate of drug-likeness (QED) is 0.696. The molecule has 2 N–H and O–H groups in total. The first-order valence-corrected chi connectivity index (χ1v) is 11.1. The minimum Gasteiger partial charge on any atom is -0.457 e. The van der Waals surface area contributed by atoms with Crippen molar-refractivity contribution in [2.75, 3.05) is 19.6 Å². The second kappa shape index (κ2) is 9.46. The van der Waals surface area contributed by atoms with E-state index in [1.165, 1.54) is 0 Å². The van der Waals surface area contributed by atoms with Crippen LogP contribution in [0.4, 0.5) is 0 Å². The fraction of sp³-hybridized carbons (Fsp3) is 0.391. The van der Waals surface area contributed by atoms with E-state index in [0.717, 1.165) is 0 Å².